The monoisotopic (exact) mass is 321 g/mol. The van der Waals surface area contributed by atoms with Gasteiger partial charge in [-0.3, -0.25) is 4.79 Å². The van der Waals surface area contributed by atoms with Crippen molar-refractivity contribution in [3.8, 4) is 11.5 Å². The maximum absolute atomic E-state index is 11.7. The number of esters is 1. The van der Waals surface area contributed by atoms with E-state index in [4.69, 9.17) is 13.7 Å². The first-order chi connectivity index (χ1) is 10.7. The van der Waals surface area contributed by atoms with Crippen molar-refractivity contribution in [1.82, 2.24) is 25.4 Å². The van der Waals surface area contributed by atoms with Crippen LogP contribution in [0, 0.1) is 0 Å². The lowest BCUT2D eigenvalue weighted by Gasteiger charge is -2.01. The molecule has 0 N–H and O–H groups in total. The van der Waals surface area contributed by atoms with Crippen molar-refractivity contribution in [1.29, 1.82) is 0 Å². The van der Waals surface area contributed by atoms with E-state index < -0.39 is 5.97 Å². The van der Waals surface area contributed by atoms with Gasteiger partial charge in [-0.15, -0.1) is 5.10 Å². The molecule has 0 saturated carbocycles. The molecule has 0 radical (unpaired) electrons. The predicted octanol–water partition coefficient (Wildman–Crippen LogP) is 1.29. The molecule has 3 rings (SSSR count). The third kappa shape index (κ3) is 3.34. The van der Waals surface area contributed by atoms with Crippen LogP contribution in [-0.4, -0.2) is 37.1 Å². The summed E-state index contributed by atoms with van der Waals surface area (Å²) in [6, 6.07) is 5.16. The summed E-state index contributed by atoms with van der Waals surface area (Å²) in [7, 11) is 1.69. The van der Waals surface area contributed by atoms with Gasteiger partial charge in [0.2, 0.25) is 10.9 Å². The summed E-state index contributed by atoms with van der Waals surface area (Å²) in [5.74, 6) is 0.762. The van der Waals surface area contributed by atoms with Crippen molar-refractivity contribution in [2.45, 2.75) is 11.8 Å². The van der Waals surface area contributed by atoms with Crippen molar-refractivity contribution in [2.24, 2.45) is 7.05 Å². The van der Waals surface area contributed by atoms with Crippen LogP contribution in [0.4, 0.5) is 0 Å². The smallest absolute Gasteiger partial charge is 0.316 e. The second-order valence-electron chi connectivity index (χ2n) is 4.19. The van der Waals surface area contributed by atoms with Gasteiger partial charge in [-0.2, -0.15) is 0 Å². The molecule has 9 nitrogen and oxygen atoms in total. The number of rotatable bonds is 6. The average molecular weight is 321 g/mol. The largest absolute Gasteiger partial charge is 0.461 e. The minimum absolute atomic E-state index is 0.0284. The van der Waals surface area contributed by atoms with Gasteiger partial charge in [-0.1, -0.05) is 16.9 Å². The van der Waals surface area contributed by atoms with Gasteiger partial charge in [-0.05, 0) is 22.6 Å². The van der Waals surface area contributed by atoms with Crippen LogP contribution in [-0.2, 0) is 23.2 Å². The highest BCUT2D eigenvalue weighted by Gasteiger charge is 2.12. The third-order valence-corrected chi connectivity index (χ3v) is 3.59. The molecular formula is C12H11N5O4S. The molecule has 3 aromatic heterocycles. The van der Waals surface area contributed by atoms with E-state index in [1.165, 1.54) is 22.7 Å². The molecule has 0 aliphatic carbocycles. The lowest BCUT2D eigenvalue weighted by molar-refractivity contribution is -0.141. The van der Waals surface area contributed by atoms with Crippen molar-refractivity contribution in [3.63, 3.8) is 0 Å². The number of thioether (sulfide) groups is 1. The number of aromatic nitrogens is 5. The van der Waals surface area contributed by atoms with Crippen molar-refractivity contribution < 1.29 is 18.5 Å². The predicted molar refractivity (Wildman–Crippen MR) is 73.5 cm³/mol. The van der Waals surface area contributed by atoms with Gasteiger partial charge >= 0.3 is 5.97 Å². The summed E-state index contributed by atoms with van der Waals surface area (Å²) in [6.07, 6.45) is 1.54. The Kier molecular flexibility index (Phi) is 4.19. The molecule has 0 saturated heterocycles. The van der Waals surface area contributed by atoms with Crippen LogP contribution in [0.25, 0.3) is 11.5 Å². The standard InChI is InChI=1S/C12H11N5O4S/c1-17-12(13-15-16-17)22-7-11(18)20-6-8-5-10(21-14-8)9-3-2-4-19-9/h2-5H,6-7H2,1H3. The van der Waals surface area contributed by atoms with E-state index in [0.29, 0.717) is 22.4 Å². The highest BCUT2D eigenvalue weighted by atomic mass is 32.2. The first kappa shape index (κ1) is 14.3. The molecule has 0 atom stereocenters. The van der Waals surface area contributed by atoms with Crippen LogP contribution in [0.1, 0.15) is 5.69 Å². The summed E-state index contributed by atoms with van der Waals surface area (Å²) < 4.78 is 16.9. The van der Waals surface area contributed by atoms with Gasteiger partial charge in [0, 0.05) is 13.1 Å². The second kappa shape index (κ2) is 6.43. The minimum Gasteiger partial charge on any atom is -0.461 e. The third-order valence-electron chi connectivity index (χ3n) is 2.60. The first-order valence-electron chi connectivity index (χ1n) is 6.22. The van der Waals surface area contributed by atoms with E-state index in [1.54, 1.807) is 25.2 Å². The zero-order chi connectivity index (χ0) is 15.4. The molecule has 0 unspecified atom stereocenters. The van der Waals surface area contributed by atoms with Crippen LogP contribution < -0.4 is 0 Å². The summed E-state index contributed by atoms with van der Waals surface area (Å²) in [4.78, 5) is 11.7. The van der Waals surface area contributed by atoms with Crippen LogP contribution >= 0.6 is 11.8 Å². The van der Waals surface area contributed by atoms with Crippen molar-refractivity contribution in [2.75, 3.05) is 5.75 Å². The summed E-state index contributed by atoms with van der Waals surface area (Å²) >= 11 is 1.19. The molecule has 0 aliphatic rings. The van der Waals surface area contributed by atoms with E-state index in [2.05, 4.69) is 20.7 Å². The Morgan fingerprint density at radius 2 is 2.36 bits per heavy atom. The fourth-order valence-corrected chi connectivity index (χ4v) is 2.23. The molecule has 0 fully saturated rings. The topological polar surface area (TPSA) is 109 Å². The van der Waals surface area contributed by atoms with Crippen molar-refractivity contribution in [3.05, 3.63) is 30.2 Å². The zero-order valence-corrected chi connectivity index (χ0v) is 12.3. The number of aryl methyl sites for hydroxylation is 1. The number of hydrogen-bond donors (Lipinski definition) is 0. The first-order valence-corrected chi connectivity index (χ1v) is 7.21. The van der Waals surface area contributed by atoms with E-state index in [0.717, 1.165) is 0 Å². The molecule has 22 heavy (non-hydrogen) atoms. The molecule has 0 spiro atoms. The number of ether oxygens (including phenoxy) is 1. The average Bonchev–Trinajstić information content (AvgIpc) is 3.24. The second-order valence-corrected chi connectivity index (χ2v) is 5.14. The molecule has 0 amide bonds. The lowest BCUT2D eigenvalue weighted by atomic mass is 10.3. The Morgan fingerprint density at radius 1 is 1.45 bits per heavy atom. The maximum atomic E-state index is 11.7. The molecule has 0 aromatic carbocycles. The van der Waals surface area contributed by atoms with Crippen LogP contribution in [0.15, 0.2) is 38.6 Å². The Hall–Kier alpha value is -2.62. The number of carbonyl (C=O) groups is 1. The maximum Gasteiger partial charge on any atom is 0.316 e. The van der Waals surface area contributed by atoms with Gasteiger partial charge in [0.25, 0.3) is 0 Å². The molecule has 3 heterocycles. The number of hydrogen-bond acceptors (Lipinski definition) is 9. The molecule has 3 aromatic rings. The van der Waals surface area contributed by atoms with Gasteiger partial charge in [-0.25, -0.2) is 4.68 Å². The summed E-state index contributed by atoms with van der Waals surface area (Å²) in [5, 5.41) is 15.3. The van der Waals surface area contributed by atoms with Gasteiger partial charge in [0.15, 0.2) is 5.76 Å². The molecule has 0 aliphatic heterocycles. The quantitative estimate of drug-likeness (QED) is 0.490. The number of carbonyl (C=O) groups excluding carboxylic acids is 1. The summed E-state index contributed by atoms with van der Waals surface area (Å²) in [5.41, 5.74) is 0.505. The van der Waals surface area contributed by atoms with E-state index in [1.807, 2.05) is 0 Å². The van der Waals surface area contributed by atoms with Crippen LogP contribution in [0.2, 0.25) is 0 Å². The van der Waals surface area contributed by atoms with Crippen LogP contribution in [0.5, 0.6) is 0 Å². The van der Waals surface area contributed by atoms with Gasteiger partial charge in [0.05, 0.1) is 12.0 Å². The number of furan rings is 1. The molecule has 0 bridgehead atoms. The number of nitrogens with zero attached hydrogens (tertiary/aromatic N) is 5. The Labute approximate surface area is 128 Å². The Balaban J connectivity index is 1.48. The Morgan fingerprint density at radius 3 is 3.09 bits per heavy atom. The van der Waals surface area contributed by atoms with E-state index in [9.17, 15) is 4.79 Å². The molecular weight excluding hydrogens is 310 g/mol. The van der Waals surface area contributed by atoms with E-state index in [-0.39, 0.29) is 12.4 Å². The molecule has 10 heteroatoms. The minimum atomic E-state index is -0.393. The fourth-order valence-electron chi connectivity index (χ4n) is 1.58. The van der Waals surface area contributed by atoms with E-state index >= 15 is 0 Å². The molecule has 114 valence electrons. The fraction of sp³-hybridized carbons (Fsp3) is 0.250. The van der Waals surface area contributed by atoms with Gasteiger partial charge in [0.1, 0.15) is 12.3 Å². The highest BCUT2D eigenvalue weighted by Crippen LogP contribution is 2.21. The normalized spacial score (nSPS) is 10.8. The van der Waals surface area contributed by atoms with Gasteiger partial charge < -0.3 is 13.7 Å². The zero-order valence-electron chi connectivity index (χ0n) is 11.5. The Bertz CT molecular complexity index is 751. The summed E-state index contributed by atoms with van der Waals surface area (Å²) in [6.45, 7) is 0.0284. The van der Waals surface area contributed by atoms with Crippen molar-refractivity contribution >= 4 is 17.7 Å². The highest BCUT2D eigenvalue weighted by molar-refractivity contribution is 7.99. The SMILES string of the molecule is Cn1nnnc1SCC(=O)OCc1cc(-c2ccco2)on1. The lowest BCUT2D eigenvalue weighted by Crippen LogP contribution is -2.08. The van der Waals surface area contributed by atoms with Crippen LogP contribution in [0.3, 0.4) is 0 Å². The number of tetrazole rings is 1.